The van der Waals surface area contributed by atoms with Gasteiger partial charge in [-0.3, -0.25) is 0 Å². The van der Waals surface area contributed by atoms with E-state index in [2.05, 4.69) is 56.5 Å². The van der Waals surface area contributed by atoms with Gasteiger partial charge >= 0.3 is 0 Å². The lowest BCUT2D eigenvalue weighted by Gasteiger charge is -2.08. The first-order chi connectivity index (χ1) is 9.15. The van der Waals surface area contributed by atoms with Gasteiger partial charge in [0.05, 0.1) is 4.70 Å². The van der Waals surface area contributed by atoms with Crippen molar-refractivity contribution in [3.8, 4) is 0 Å². The molecule has 0 fully saturated rings. The van der Waals surface area contributed by atoms with Crippen LogP contribution in [0.3, 0.4) is 0 Å². The topological polar surface area (TPSA) is 0 Å². The first kappa shape index (κ1) is 12.6. The van der Waals surface area contributed by atoms with E-state index >= 15 is 0 Å². The third-order valence-corrected chi connectivity index (χ3v) is 6.02. The molecule has 96 valence electrons. The molecule has 0 saturated carbocycles. The molecule has 0 saturated heterocycles. The average molecular weight is 284 g/mol. The first-order valence-corrected chi connectivity index (χ1v) is 8.02. The zero-order valence-electron chi connectivity index (χ0n) is 11.0. The van der Waals surface area contributed by atoms with E-state index in [4.69, 9.17) is 0 Å². The maximum Gasteiger partial charge on any atom is 0.0526 e. The summed E-state index contributed by atoms with van der Waals surface area (Å²) in [6, 6.07) is 13.0. The van der Waals surface area contributed by atoms with E-state index in [9.17, 15) is 0 Å². The van der Waals surface area contributed by atoms with Crippen LogP contribution in [0.15, 0.2) is 36.4 Å². The van der Waals surface area contributed by atoms with Gasteiger partial charge < -0.3 is 0 Å². The van der Waals surface area contributed by atoms with Gasteiger partial charge in [0, 0.05) is 19.3 Å². The highest BCUT2D eigenvalue weighted by atomic mass is 32.1. The standard InChI is InChI=1S/C17H16S2/c1-11(9-14-7-5-4-6-8-14)15-10-16-17(19-15)12(2)13(3)18-16/h4-8,10-11H,2-3,9H2,1H3. The number of fused-ring (bicyclic) bond motifs is 1. The van der Waals surface area contributed by atoms with Gasteiger partial charge in [0.2, 0.25) is 0 Å². The van der Waals surface area contributed by atoms with Crippen LogP contribution in [0.25, 0.3) is 22.6 Å². The zero-order valence-corrected chi connectivity index (χ0v) is 12.6. The van der Waals surface area contributed by atoms with E-state index in [-0.39, 0.29) is 0 Å². The molecular formula is C17H16S2. The van der Waals surface area contributed by atoms with Crippen LogP contribution in [0, 0.1) is 0 Å². The predicted molar refractivity (Wildman–Crippen MR) is 88.6 cm³/mol. The molecule has 3 aromatic rings. The Morgan fingerprint density at radius 2 is 1.84 bits per heavy atom. The Bertz CT molecular complexity index is 793. The monoisotopic (exact) mass is 284 g/mol. The Hall–Kier alpha value is -1.38. The molecule has 19 heavy (non-hydrogen) atoms. The molecule has 0 aliphatic heterocycles. The van der Waals surface area contributed by atoms with Crippen molar-refractivity contribution in [3.05, 3.63) is 56.6 Å². The Morgan fingerprint density at radius 3 is 2.53 bits per heavy atom. The molecule has 0 aliphatic carbocycles. The molecule has 0 amide bonds. The molecule has 0 spiro atoms. The van der Waals surface area contributed by atoms with E-state index in [1.807, 2.05) is 11.3 Å². The highest BCUT2D eigenvalue weighted by molar-refractivity contribution is 7.26. The van der Waals surface area contributed by atoms with E-state index < -0.39 is 0 Å². The third-order valence-electron chi connectivity index (χ3n) is 3.43. The van der Waals surface area contributed by atoms with Crippen molar-refractivity contribution in [2.45, 2.75) is 19.3 Å². The summed E-state index contributed by atoms with van der Waals surface area (Å²) >= 11 is 3.64. The molecule has 3 rings (SSSR count). The highest BCUT2D eigenvalue weighted by Crippen LogP contribution is 2.32. The highest BCUT2D eigenvalue weighted by Gasteiger charge is 2.12. The second kappa shape index (κ2) is 4.95. The van der Waals surface area contributed by atoms with Gasteiger partial charge in [0.15, 0.2) is 0 Å². The SMILES string of the molecule is C=c1sc2cc(C(C)Cc3ccccc3)sc2c1=C. The van der Waals surface area contributed by atoms with Crippen LogP contribution >= 0.6 is 22.7 Å². The number of thiophene rings is 2. The number of benzene rings is 1. The minimum absolute atomic E-state index is 0.555. The summed E-state index contributed by atoms with van der Waals surface area (Å²) in [4.78, 5) is 1.45. The lowest BCUT2D eigenvalue weighted by atomic mass is 10.00. The maximum atomic E-state index is 4.12. The smallest absolute Gasteiger partial charge is 0.0526 e. The number of hydrogen-bond acceptors (Lipinski definition) is 2. The molecule has 0 N–H and O–H groups in total. The van der Waals surface area contributed by atoms with Gasteiger partial charge in [0.25, 0.3) is 0 Å². The Morgan fingerprint density at radius 1 is 1.11 bits per heavy atom. The van der Waals surface area contributed by atoms with E-state index in [1.165, 1.54) is 19.8 Å². The molecule has 2 aromatic heterocycles. The lowest BCUT2D eigenvalue weighted by Crippen LogP contribution is -2.12. The second-order valence-electron chi connectivity index (χ2n) is 4.94. The zero-order chi connectivity index (χ0) is 13.4. The molecule has 1 unspecified atom stereocenters. The molecule has 1 atom stereocenters. The summed E-state index contributed by atoms with van der Waals surface area (Å²) in [5, 5.41) is 1.11. The van der Waals surface area contributed by atoms with Crippen LogP contribution < -0.4 is 9.75 Å². The quantitative estimate of drug-likeness (QED) is 0.678. The Balaban J connectivity index is 1.92. The fourth-order valence-electron chi connectivity index (χ4n) is 2.31. The summed E-state index contributed by atoms with van der Waals surface area (Å²) in [6.45, 7) is 10.5. The molecule has 2 heterocycles. The molecule has 2 heteroatoms. The van der Waals surface area contributed by atoms with Crippen LogP contribution in [0.4, 0.5) is 0 Å². The Kier molecular flexibility index (Phi) is 3.29. The van der Waals surface area contributed by atoms with E-state index in [0.717, 1.165) is 16.2 Å². The minimum Gasteiger partial charge on any atom is -0.138 e. The molecule has 0 radical (unpaired) electrons. The molecule has 0 nitrogen and oxygen atoms in total. The normalized spacial score (nSPS) is 12.9. The second-order valence-corrected chi connectivity index (χ2v) is 7.16. The van der Waals surface area contributed by atoms with Gasteiger partial charge in [-0.1, -0.05) is 50.4 Å². The summed E-state index contributed by atoms with van der Waals surface area (Å²) in [5.74, 6) is 0.555. The van der Waals surface area contributed by atoms with Crippen molar-refractivity contribution >= 4 is 45.2 Å². The predicted octanol–water partition coefficient (Wildman–Crippen LogP) is 4.13. The van der Waals surface area contributed by atoms with Gasteiger partial charge in [-0.25, -0.2) is 0 Å². The fourth-order valence-corrected chi connectivity index (χ4v) is 4.70. The molecule has 0 bridgehead atoms. The molecular weight excluding hydrogens is 268 g/mol. The van der Waals surface area contributed by atoms with Crippen molar-refractivity contribution in [1.82, 2.24) is 0 Å². The molecule has 0 aliphatic rings. The third kappa shape index (κ3) is 2.38. The van der Waals surface area contributed by atoms with Gasteiger partial charge in [-0.05, 0) is 24.0 Å². The maximum absolute atomic E-state index is 4.12. The van der Waals surface area contributed by atoms with Gasteiger partial charge in [0.1, 0.15) is 0 Å². The molecule has 1 aromatic carbocycles. The summed E-state index contributed by atoms with van der Waals surface area (Å²) in [6.07, 6.45) is 1.10. The first-order valence-electron chi connectivity index (χ1n) is 6.39. The fraction of sp³-hybridized carbons (Fsp3) is 0.176. The lowest BCUT2D eigenvalue weighted by molar-refractivity contribution is 0.775. The van der Waals surface area contributed by atoms with Crippen molar-refractivity contribution < 1.29 is 0 Å². The van der Waals surface area contributed by atoms with Crippen LogP contribution in [0.5, 0.6) is 0 Å². The van der Waals surface area contributed by atoms with Crippen molar-refractivity contribution in [1.29, 1.82) is 0 Å². The number of hydrogen-bond donors (Lipinski definition) is 0. The van der Waals surface area contributed by atoms with Crippen LogP contribution in [0.2, 0.25) is 0 Å². The summed E-state index contributed by atoms with van der Waals surface area (Å²) in [7, 11) is 0. The van der Waals surface area contributed by atoms with E-state index in [1.54, 1.807) is 11.3 Å². The minimum atomic E-state index is 0.555. The van der Waals surface area contributed by atoms with Crippen molar-refractivity contribution in [2.75, 3.05) is 0 Å². The van der Waals surface area contributed by atoms with Crippen molar-refractivity contribution in [2.24, 2.45) is 0 Å². The van der Waals surface area contributed by atoms with Crippen LogP contribution in [0.1, 0.15) is 23.3 Å². The van der Waals surface area contributed by atoms with Crippen LogP contribution in [-0.2, 0) is 6.42 Å². The van der Waals surface area contributed by atoms with Crippen LogP contribution in [-0.4, -0.2) is 0 Å². The van der Waals surface area contributed by atoms with Gasteiger partial charge in [-0.2, -0.15) is 0 Å². The number of rotatable bonds is 3. The summed E-state index contributed by atoms with van der Waals surface area (Å²) < 4.78 is 3.77. The average Bonchev–Trinajstić information content (AvgIpc) is 2.92. The summed E-state index contributed by atoms with van der Waals surface area (Å²) in [5.41, 5.74) is 1.40. The van der Waals surface area contributed by atoms with Gasteiger partial charge in [-0.15, -0.1) is 22.7 Å². The van der Waals surface area contributed by atoms with E-state index in [0.29, 0.717) is 5.92 Å². The largest absolute Gasteiger partial charge is 0.138 e. The van der Waals surface area contributed by atoms with Crippen molar-refractivity contribution in [3.63, 3.8) is 0 Å². The Labute approximate surface area is 121 Å².